The number of hydrogen-bond acceptors (Lipinski definition) is 2. The summed E-state index contributed by atoms with van der Waals surface area (Å²) in [5.41, 5.74) is 5.48. The van der Waals surface area contributed by atoms with Crippen molar-refractivity contribution in [2.45, 2.75) is 12.0 Å². The number of carbonyl (C=O) groups is 1. The maximum absolute atomic E-state index is 10.5. The lowest BCUT2D eigenvalue weighted by atomic mass is 10.1. The van der Waals surface area contributed by atoms with E-state index in [0.717, 1.165) is 6.42 Å². The van der Waals surface area contributed by atoms with Gasteiger partial charge in [0.15, 0.2) is 0 Å². The van der Waals surface area contributed by atoms with E-state index in [1.54, 1.807) is 6.08 Å². The van der Waals surface area contributed by atoms with Crippen LogP contribution in [0, 0.1) is 11.8 Å². The average Bonchev–Trinajstić information content (AvgIpc) is 2.36. The Bertz CT molecular complexity index is 224. The van der Waals surface area contributed by atoms with Gasteiger partial charge in [0.25, 0.3) is 0 Å². The molecule has 2 aliphatic rings. The van der Waals surface area contributed by atoms with E-state index in [4.69, 9.17) is 10.8 Å². The fourth-order valence-electron chi connectivity index (χ4n) is 1.65. The highest BCUT2D eigenvalue weighted by Gasteiger charge is 2.58. The van der Waals surface area contributed by atoms with Gasteiger partial charge in [-0.25, -0.2) is 0 Å². The Morgan fingerprint density at radius 1 is 1.80 bits per heavy atom. The molecule has 2 aliphatic carbocycles. The molecular weight excluding hydrogens is 130 g/mol. The van der Waals surface area contributed by atoms with Gasteiger partial charge in [0.05, 0.1) is 5.92 Å². The molecule has 0 aliphatic heterocycles. The average molecular weight is 139 g/mol. The molecule has 0 bridgehead atoms. The van der Waals surface area contributed by atoms with E-state index in [2.05, 4.69) is 0 Å². The monoisotopic (exact) mass is 139 g/mol. The van der Waals surface area contributed by atoms with Gasteiger partial charge in [-0.15, -0.1) is 0 Å². The van der Waals surface area contributed by atoms with Gasteiger partial charge >= 0.3 is 5.97 Å². The molecule has 0 radical (unpaired) electrons. The molecule has 3 nitrogen and oxygen atoms in total. The quantitative estimate of drug-likeness (QED) is 0.501. The summed E-state index contributed by atoms with van der Waals surface area (Å²) in [6.07, 6.45) is 4.38. The Kier molecular flexibility index (Phi) is 0.843. The standard InChI is InChI=1S/C7H9NO2/c8-7-2-1-4(6(9)10)5(7)3-7/h1-2,4-5H,3,8H2,(H,9,10)/t4-,5-,7+/m0/s1. The molecule has 10 heavy (non-hydrogen) atoms. The molecule has 2 rings (SSSR count). The second kappa shape index (κ2) is 1.42. The number of aliphatic carboxylic acids is 1. The first-order chi connectivity index (χ1) is 4.63. The van der Waals surface area contributed by atoms with Crippen molar-refractivity contribution < 1.29 is 9.90 Å². The molecule has 1 fully saturated rings. The van der Waals surface area contributed by atoms with E-state index < -0.39 is 5.97 Å². The van der Waals surface area contributed by atoms with Crippen LogP contribution in [0.25, 0.3) is 0 Å². The molecule has 0 spiro atoms. The molecule has 3 atom stereocenters. The van der Waals surface area contributed by atoms with Crippen molar-refractivity contribution in [3.05, 3.63) is 12.2 Å². The van der Waals surface area contributed by atoms with Crippen LogP contribution in [0.15, 0.2) is 12.2 Å². The predicted molar refractivity (Wildman–Crippen MR) is 35.3 cm³/mol. The fourth-order valence-corrected chi connectivity index (χ4v) is 1.65. The van der Waals surface area contributed by atoms with Gasteiger partial charge in [-0.3, -0.25) is 4.79 Å². The second-order valence-electron chi connectivity index (χ2n) is 3.15. The largest absolute Gasteiger partial charge is 0.481 e. The normalized spacial score (nSPS) is 48.9. The highest BCUT2D eigenvalue weighted by molar-refractivity contribution is 5.75. The van der Waals surface area contributed by atoms with Crippen LogP contribution in [0.3, 0.4) is 0 Å². The molecule has 0 unspecified atom stereocenters. The Morgan fingerprint density at radius 3 is 2.70 bits per heavy atom. The molecule has 0 amide bonds. The second-order valence-corrected chi connectivity index (χ2v) is 3.15. The zero-order chi connectivity index (χ0) is 7.35. The van der Waals surface area contributed by atoms with Crippen molar-refractivity contribution in [1.82, 2.24) is 0 Å². The van der Waals surface area contributed by atoms with Gasteiger partial charge in [-0.2, -0.15) is 0 Å². The zero-order valence-corrected chi connectivity index (χ0v) is 5.45. The summed E-state index contributed by atoms with van der Waals surface area (Å²) in [6.45, 7) is 0. The number of carboxylic acids is 1. The summed E-state index contributed by atoms with van der Waals surface area (Å²) >= 11 is 0. The molecule has 54 valence electrons. The molecule has 1 saturated carbocycles. The minimum atomic E-state index is -0.744. The fraction of sp³-hybridized carbons (Fsp3) is 0.571. The lowest BCUT2D eigenvalue weighted by Gasteiger charge is -2.00. The first kappa shape index (κ1) is 5.92. The predicted octanol–water partition coefficient (Wildman–Crippen LogP) is -0.0256. The van der Waals surface area contributed by atoms with E-state index in [1.165, 1.54) is 0 Å². The molecule has 3 N–H and O–H groups in total. The number of hydrogen-bond donors (Lipinski definition) is 2. The van der Waals surface area contributed by atoms with Crippen LogP contribution in [0.5, 0.6) is 0 Å². The maximum atomic E-state index is 10.5. The molecule has 0 aromatic heterocycles. The van der Waals surface area contributed by atoms with Crippen molar-refractivity contribution in [1.29, 1.82) is 0 Å². The van der Waals surface area contributed by atoms with Crippen LogP contribution in [0.2, 0.25) is 0 Å². The Labute approximate surface area is 58.5 Å². The summed E-state index contributed by atoms with van der Waals surface area (Å²) < 4.78 is 0. The third-order valence-corrected chi connectivity index (χ3v) is 2.44. The highest BCUT2D eigenvalue weighted by atomic mass is 16.4. The first-order valence-corrected chi connectivity index (χ1v) is 3.34. The molecule has 0 aromatic rings. The summed E-state index contributed by atoms with van der Waals surface area (Å²) in [7, 11) is 0. The Balaban J connectivity index is 2.19. The molecule has 0 saturated heterocycles. The van der Waals surface area contributed by atoms with Crippen LogP contribution in [0.1, 0.15) is 6.42 Å². The van der Waals surface area contributed by atoms with Gasteiger partial charge in [-0.05, 0) is 12.3 Å². The van der Waals surface area contributed by atoms with Crippen molar-refractivity contribution in [3.63, 3.8) is 0 Å². The van der Waals surface area contributed by atoms with Crippen molar-refractivity contribution in [2.75, 3.05) is 0 Å². The summed E-state index contributed by atoms with van der Waals surface area (Å²) in [5.74, 6) is -0.874. The number of fused-ring (bicyclic) bond motifs is 1. The van der Waals surface area contributed by atoms with Gasteiger partial charge in [0.1, 0.15) is 0 Å². The first-order valence-electron chi connectivity index (χ1n) is 3.34. The number of rotatable bonds is 1. The van der Waals surface area contributed by atoms with E-state index in [9.17, 15) is 4.79 Å². The third kappa shape index (κ3) is 0.555. The van der Waals surface area contributed by atoms with Crippen LogP contribution < -0.4 is 5.73 Å². The van der Waals surface area contributed by atoms with E-state index in [-0.39, 0.29) is 17.4 Å². The lowest BCUT2D eigenvalue weighted by Crippen LogP contribution is -2.21. The smallest absolute Gasteiger partial charge is 0.310 e. The van der Waals surface area contributed by atoms with E-state index in [0.29, 0.717) is 0 Å². The maximum Gasteiger partial charge on any atom is 0.310 e. The minimum Gasteiger partial charge on any atom is -0.481 e. The number of nitrogens with two attached hydrogens (primary N) is 1. The summed E-state index contributed by atoms with van der Waals surface area (Å²) in [5, 5.41) is 8.62. The van der Waals surface area contributed by atoms with Crippen LogP contribution in [-0.2, 0) is 4.79 Å². The Morgan fingerprint density at radius 2 is 2.50 bits per heavy atom. The number of carboxylic acid groups (broad SMARTS) is 1. The van der Waals surface area contributed by atoms with Gasteiger partial charge in [0.2, 0.25) is 0 Å². The van der Waals surface area contributed by atoms with Crippen molar-refractivity contribution >= 4 is 5.97 Å². The van der Waals surface area contributed by atoms with Gasteiger partial charge < -0.3 is 10.8 Å². The molecular formula is C7H9NO2. The Hall–Kier alpha value is -0.830. The molecule has 0 aromatic carbocycles. The van der Waals surface area contributed by atoms with Crippen LogP contribution in [-0.4, -0.2) is 16.6 Å². The van der Waals surface area contributed by atoms with E-state index in [1.807, 2.05) is 6.08 Å². The highest BCUT2D eigenvalue weighted by Crippen LogP contribution is 2.52. The topological polar surface area (TPSA) is 63.3 Å². The molecule has 0 heterocycles. The van der Waals surface area contributed by atoms with Crippen molar-refractivity contribution in [2.24, 2.45) is 17.6 Å². The van der Waals surface area contributed by atoms with E-state index >= 15 is 0 Å². The SMILES string of the molecule is N[C@@]12C=C[C@H](C(=O)O)[C@@H]1C2. The summed E-state index contributed by atoms with van der Waals surface area (Å²) in [4.78, 5) is 10.5. The van der Waals surface area contributed by atoms with Crippen LogP contribution >= 0.6 is 0 Å². The zero-order valence-electron chi connectivity index (χ0n) is 5.45. The van der Waals surface area contributed by atoms with Crippen LogP contribution in [0.4, 0.5) is 0 Å². The van der Waals surface area contributed by atoms with Gasteiger partial charge in [0, 0.05) is 5.54 Å². The summed E-state index contributed by atoms with van der Waals surface area (Å²) in [6, 6.07) is 0. The molecule has 3 heteroatoms. The third-order valence-electron chi connectivity index (χ3n) is 2.44. The van der Waals surface area contributed by atoms with Crippen molar-refractivity contribution in [3.8, 4) is 0 Å². The van der Waals surface area contributed by atoms with Gasteiger partial charge in [-0.1, -0.05) is 12.2 Å². The minimum absolute atomic E-state index is 0.185. The lowest BCUT2D eigenvalue weighted by molar-refractivity contribution is -0.140.